The van der Waals surface area contributed by atoms with Crippen molar-refractivity contribution in [2.24, 2.45) is 4.99 Å². The number of thiophene rings is 1. The van der Waals surface area contributed by atoms with Gasteiger partial charge in [-0.2, -0.15) is 0 Å². The third-order valence-electron chi connectivity index (χ3n) is 3.06. The van der Waals surface area contributed by atoms with E-state index in [4.69, 9.17) is 23.2 Å². The summed E-state index contributed by atoms with van der Waals surface area (Å²) in [6.07, 6.45) is 0. The molecule has 0 saturated carbocycles. The number of rotatable bonds is 4. The topological polar surface area (TPSA) is 48.5 Å². The smallest absolute Gasteiger partial charge is 0.196 e. The minimum absolute atomic E-state index is 0.554. The molecule has 0 amide bonds. The van der Waals surface area contributed by atoms with Gasteiger partial charge in [0.25, 0.3) is 0 Å². The number of hydrogen-bond acceptors (Lipinski definition) is 5. The van der Waals surface area contributed by atoms with Crippen molar-refractivity contribution in [3.63, 3.8) is 0 Å². The minimum Gasteiger partial charge on any atom is -0.380 e. The van der Waals surface area contributed by atoms with Gasteiger partial charge < -0.3 is 16.0 Å². The van der Waals surface area contributed by atoms with Gasteiger partial charge in [-0.25, -0.2) is 0 Å². The van der Waals surface area contributed by atoms with E-state index in [-0.39, 0.29) is 0 Å². The molecule has 0 unspecified atom stereocenters. The summed E-state index contributed by atoms with van der Waals surface area (Å²) < 4.78 is 1.12. The van der Waals surface area contributed by atoms with E-state index in [1.807, 2.05) is 18.2 Å². The maximum absolute atomic E-state index is 6.32. The Morgan fingerprint density at radius 2 is 2.05 bits per heavy atom. The lowest BCUT2D eigenvalue weighted by Crippen LogP contribution is -2.26. The zero-order valence-electron chi connectivity index (χ0n) is 11.4. The Morgan fingerprint density at radius 1 is 1.27 bits per heavy atom. The molecular formula is C14H13BrCl2N4S. The van der Waals surface area contributed by atoms with Crippen LogP contribution < -0.4 is 16.0 Å². The minimum atomic E-state index is 0.554. The van der Waals surface area contributed by atoms with Crippen LogP contribution in [0.5, 0.6) is 0 Å². The lowest BCUT2D eigenvalue weighted by atomic mass is 10.2. The molecule has 1 aromatic heterocycles. The molecule has 4 nitrogen and oxygen atoms in total. The molecule has 2 aromatic rings. The molecule has 1 aliphatic heterocycles. The molecule has 3 rings (SSSR count). The van der Waals surface area contributed by atoms with E-state index >= 15 is 0 Å². The van der Waals surface area contributed by atoms with Gasteiger partial charge in [-0.1, -0.05) is 23.2 Å². The highest BCUT2D eigenvalue weighted by Gasteiger charge is 2.12. The summed E-state index contributed by atoms with van der Waals surface area (Å²) in [6, 6.07) is 7.82. The summed E-state index contributed by atoms with van der Waals surface area (Å²) >= 11 is 17.8. The van der Waals surface area contributed by atoms with Crippen LogP contribution in [-0.2, 0) is 6.54 Å². The molecule has 22 heavy (non-hydrogen) atoms. The lowest BCUT2D eigenvalue weighted by molar-refractivity contribution is 0.959. The average Bonchev–Trinajstić information content (AvgIpc) is 3.12. The fourth-order valence-electron chi connectivity index (χ4n) is 2.03. The molecular weight excluding hydrogens is 407 g/mol. The van der Waals surface area contributed by atoms with Crippen molar-refractivity contribution in [2.45, 2.75) is 6.54 Å². The van der Waals surface area contributed by atoms with Crippen molar-refractivity contribution in [3.8, 4) is 0 Å². The van der Waals surface area contributed by atoms with Gasteiger partial charge in [0.05, 0.1) is 26.1 Å². The molecule has 0 fully saturated rings. The molecule has 0 saturated heterocycles. The molecule has 0 bridgehead atoms. The molecule has 2 heterocycles. The fraction of sp³-hybridized carbons (Fsp3) is 0.214. The Labute approximate surface area is 151 Å². The van der Waals surface area contributed by atoms with Gasteiger partial charge in [0.1, 0.15) is 0 Å². The van der Waals surface area contributed by atoms with Gasteiger partial charge in [0.2, 0.25) is 0 Å². The Hall–Kier alpha value is -0.950. The summed E-state index contributed by atoms with van der Waals surface area (Å²) in [4.78, 5) is 5.50. The summed E-state index contributed by atoms with van der Waals surface area (Å²) in [7, 11) is 0. The van der Waals surface area contributed by atoms with Crippen LogP contribution in [-0.4, -0.2) is 19.0 Å². The van der Waals surface area contributed by atoms with Crippen LogP contribution in [0.3, 0.4) is 0 Å². The molecule has 0 radical (unpaired) electrons. The van der Waals surface area contributed by atoms with Crippen molar-refractivity contribution in [3.05, 3.63) is 43.0 Å². The first-order valence-corrected chi connectivity index (χ1v) is 9.01. The molecule has 1 aliphatic rings. The van der Waals surface area contributed by atoms with Gasteiger partial charge in [-0.3, -0.25) is 4.99 Å². The number of nitrogens with zero attached hydrogens (tertiary/aromatic N) is 1. The standard InChI is InChI=1S/C14H13BrCl2N4S/c15-12-2-1-9(22-12)7-20-8-5-10(16)13(11(17)6-8)21-14-18-3-4-19-14/h1-2,5-6,20H,3-4,7H2,(H2,18,19,21). The third kappa shape index (κ3) is 3.87. The Bertz CT molecular complexity index is 694. The fourth-order valence-corrected chi connectivity index (χ4v) is 4.04. The van der Waals surface area contributed by atoms with Gasteiger partial charge in [-0.15, -0.1) is 11.3 Å². The van der Waals surface area contributed by atoms with E-state index in [2.05, 4.69) is 42.9 Å². The number of hydrogen-bond donors (Lipinski definition) is 3. The average molecular weight is 420 g/mol. The quantitative estimate of drug-likeness (QED) is 0.666. The number of anilines is 2. The summed E-state index contributed by atoms with van der Waals surface area (Å²) in [5, 5.41) is 10.7. The van der Waals surface area contributed by atoms with Crippen molar-refractivity contribution in [2.75, 3.05) is 23.7 Å². The first-order valence-electron chi connectivity index (χ1n) is 6.64. The van der Waals surface area contributed by atoms with Crippen LogP contribution in [0, 0.1) is 0 Å². The van der Waals surface area contributed by atoms with Crippen molar-refractivity contribution >= 4 is 67.8 Å². The van der Waals surface area contributed by atoms with Gasteiger partial charge in [-0.05, 0) is 40.2 Å². The van der Waals surface area contributed by atoms with E-state index in [0.717, 1.165) is 29.1 Å². The van der Waals surface area contributed by atoms with Gasteiger partial charge in [0, 0.05) is 23.7 Å². The van der Waals surface area contributed by atoms with Gasteiger partial charge >= 0.3 is 0 Å². The number of benzene rings is 1. The van der Waals surface area contributed by atoms with E-state index in [1.54, 1.807) is 11.3 Å². The monoisotopic (exact) mass is 418 g/mol. The zero-order chi connectivity index (χ0) is 15.5. The molecule has 0 atom stereocenters. The third-order valence-corrected chi connectivity index (χ3v) is 5.28. The molecule has 0 spiro atoms. The highest BCUT2D eigenvalue weighted by Crippen LogP contribution is 2.34. The second kappa shape index (κ2) is 7.08. The van der Waals surface area contributed by atoms with Crippen LogP contribution in [0.2, 0.25) is 10.0 Å². The highest BCUT2D eigenvalue weighted by atomic mass is 79.9. The summed E-state index contributed by atoms with van der Waals surface area (Å²) in [5.41, 5.74) is 1.55. The van der Waals surface area contributed by atoms with Crippen LogP contribution >= 0.6 is 50.5 Å². The Kier molecular flexibility index (Phi) is 5.13. The summed E-state index contributed by atoms with van der Waals surface area (Å²) in [6.45, 7) is 2.31. The maximum Gasteiger partial charge on any atom is 0.196 e. The van der Waals surface area contributed by atoms with Gasteiger partial charge in [0.15, 0.2) is 5.96 Å². The predicted octanol–water partition coefficient (Wildman–Crippen LogP) is 4.80. The van der Waals surface area contributed by atoms with E-state index in [9.17, 15) is 0 Å². The lowest BCUT2D eigenvalue weighted by Gasteiger charge is -2.13. The SMILES string of the molecule is Clc1cc(NCc2ccc(Br)s2)cc(Cl)c1NC1=NCCN1. The van der Waals surface area contributed by atoms with E-state index in [1.165, 1.54) is 4.88 Å². The molecule has 3 N–H and O–H groups in total. The molecule has 116 valence electrons. The van der Waals surface area contributed by atoms with Crippen LogP contribution in [0.15, 0.2) is 33.0 Å². The second-order valence-corrected chi connectivity index (χ2v) is 8.02. The van der Waals surface area contributed by atoms with E-state index < -0.39 is 0 Å². The highest BCUT2D eigenvalue weighted by molar-refractivity contribution is 9.11. The van der Waals surface area contributed by atoms with Crippen LogP contribution in [0.25, 0.3) is 0 Å². The number of aliphatic imine (C=N–C) groups is 1. The van der Waals surface area contributed by atoms with Crippen LogP contribution in [0.4, 0.5) is 11.4 Å². The molecule has 8 heteroatoms. The largest absolute Gasteiger partial charge is 0.380 e. The number of halogens is 3. The zero-order valence-corrected chi connectivity index (χ0v) is 15.3. The Morgan fingerprint density at radius 3 is 2.64 bits per heavy atom. The predicted molar refractivity (Wildman–Crippen MR) is 99.7 cm³/mol. The molecule has 1 aromatic carbocycles. The van der Waals surface area contributed by atoms with Crippen molar-refractivity contribution < 1.29 is 0 Å². The maximum atomic E-state index is 6.32. The van der Waals surface area contributed by atoms with Crippen molar-refractivity contribution in [1.29, 1.82) is 0 Å². The Balaban J connectivity index is 1.71. The summed E-state index contributed by atoms with van der Waals surface area (Å²) in [5.74, 6) is 0.702. The molecule has 0 aliphatic carbocycles. The van der Waals surface area contributed by atoms with Crippen molar-refractivity contribution in [1.82, 2.24) is 5.32 Å². The number of guanidine groups is 1. The normalized spacial score (nSPS) is 13.7. The van der Waals surface area contributed by atoms with Crippen LogP contribution in [0.1, 0.15) is 4.88 Å². The van der Waals surface area contributed by atoms with E-state index in [0.29, 0.717) is 21.7 Å². The second-order valence-electron chi connectivity index (χ2n) is 4.66. The first kappa shape index (κ1) is 15.9. The first-order chi connectivity index (χ1) is 10.6. The number of nitrogens with one attached hydrogen (secondary N) is 3.